The number of carbonyl (C=O) groups is 2. The Balaban J connectivity index is 1.36. The largest absolute Gasteiger partial charge is 0.484 e. The monoisotopic (exact) mass is 382 g/mol. The van der Waals surface area contributed by atoms with E-state index in [4.69, 9.17) is 4.74 Å². The van der Waals surface area contributed by atoms with Gasteiger partial charge in [0.25, 0.3) is 5.91 Å². The zero-order valence-corrected chi connectivity index (χ0v) is 15.5. The molecule has 1 saturated carbocycles. The molecule has 0 spiro atoms. The summed E-state index contributed by atoms with van der Waals surface area (Å²) in [6.07, 6.45) is 5.74. The van der Waals surface area contributed by atoms with Crippen molar-refractivity contribution in [2.24, 2.45) is 0 Å². The van der Waals surface area contributed by atoms with Crippen molar-refractivity contribution in [2.45, 2.75) is 25.3 Å². The Morgan fingerprint density at radius 2 is 1.93 bits per heavy atom. The predicted octanol–water partition coefficient (Wildman–Crippen LogP) is 2.86. The second kappa shape index (κ2) is 9.69. The quantitative estimate of drug-likeness (QED) is 0.656. The van der Waals surface area contributed by atoms with Crippen LogP contribution >= 0.6 is 0 Å². The van der Waals surface area contributed by atoms with E-state index in [2.05, 4.69) is 10.6 Å². The van der Waals surface area contributed by atoms with E-state index in [1.165, 1.54) is 18.2 Å². The van der Waals surface area contributed by atoms with Crippen molar-refractivity contribution in [3.63, 3.8) is 0 Å². The van der Waals surface area contributed by atoms with Gasteiger partial charge in [-0.2, -0.15) is 0 Å². The van der Waals surface area contributed by atoms with Crippen LogP contribution in [-0.4, -0.2) is 31.0 Å². The lowest BCUT2D eigenvalue weighted by Gasteiger charge is -2.08. The summed E-state index contributed by atoms with van der Waals surface area (Å²) in [5.74, 6) is -0.0261. The molecule has 0 aromatic heterocycles. The molecule has 0 radical (unpaired) electrons. The van der Waals surface area contributed by atoms with E-state index in [1.807, 2.05) is 24.3 Å². The summed E-state index contributed by atoms with van der Waals surface area (Å²) in [4.78, 5) is 23.4. The van der Waals surface area contributed by atoms with E-state index in [1.54, 1.807) is 18.2 Å². The van der Waals surface area contributed by atoms with Crippen molar-refractivity contribution >= 4 is 17.9 Å². The van der Waals surface area contributed by atoms with Crippen LogP contribution in [0.3, 0.4) is 0 Å². The summed E-state index contributed by atoms with van der Waals surface area (Å²) in [6, 6.07) is 13.8. The number of amides is 2. The molecule has 1 fully saturated rings. The van der Waals surface area contributed by atoms with Gasteiger partial charge >= 0.3 is 0 Å². The van der Waals surface area contributed by atoms with Crippen LogP contribution in [0.25, 0.3) is 6.08 Å². The zero-order chi connectivity index (χ0) is 19.8. The highest BCUT2D eigenvalue weighted by Crippen LogP contribution is 2.18. The topological polar surface area (TPSA) is 67.4 Å². The number of rotatable bonds is 9. The number of nitrogens with one attached hydrogen (secondary N) is 2. The molecule has 2 amide bonds. The summed E-state index contributed by atoms with van der Waals surface area (Å²) >= 11 is 0. The van der Waals surface area contributed by atoms with Gasteiger partial charge in [0.1, 0.15) is 11.6 Å². The van der Waals surface area contributed by atoms with Gasteiger partial charge in [0, 0.05) is 18.7 Å². The van der Waals surface area contributed by atoms with Crippen molar-refractivity contribution in [2.75, 3.05) is 13.2 Å². The minimum atomic E-state index is -0.335. The third-order valence-electron chi connectivity index (χ3n) is 4.22. The summed E-state index contributed by atoms with van der Waals surface area (Å²) in [5, 5.41) is 5.66. The van der Waals surface area contributed by atoms with Gasteiger partial charge in [0.2, 0.25) is 5.91 Å². The molecule has 0 bridgehead atoms. The van der Waals surface area contributed by atoms with Gasteiger partial charge in [-0.05, 0) is 60.7 Å². The fraction of sp³-hybridized carbons (Fsp3) is 0.273. The van der Waals surface area contributed by atoms with Crippen molar-refractivity contribution in [1.82, 2.24) is 10.6 Å². The van der Waals surface area contributed by atoms with E-state index in [9.17, 15) is 14.0 Å². The molecule has 28 heavy (non-hydrogen) atoms. The van der Waals surface area contributed by atoms with Crippen LogP contribution in [0.4, 0.5) is 4.39 Å². The summed E-state index contributed by atoms with van der Waals surface area (Å²) < 4.78 is 18.5. The van der Waals surface area contributed by atoms with E-state index in [-0.39, 0.29) is 24.2 Å². The third-order valence-corrected chi connectivity index (χ3v) is 4.22. The summed E-state index contributed by atoms with van der Waals surface area (Å²) in [6.45, 7) is 0.500. The van der Waals surface area contributed by atoms with Gasteiger partial charge in [0.05, 0.1) is 0 Å². The van der Waals surface area contributed by atoms with Crippen molar-refractivity contribution in [3.8, 4) is 5.75 Å². The molecule has 2 N–H and O–H groups in total. The first-order chi connectivity index (χ1) is 13.6. The highest BCUT2D eigenvalue weighted by atomic mass is 19.1. The predicted molar refractivity (Wildman–Crippen MR) is 105 cm³/mol. The van der Waals surface area contributed by atoms with Gasteiger partial charge in [-0.15, -0.1) is 0 Å². The molecule has 5 nitrogen and oxygen atoms in total. The van der Waals surface area contributed by atoms with Crippen LogP contribution in [0.2, 0.25) is 0 Å². The molecule has 2 aromatic rings. The van der Waals surface area contributed by atoms with Gasteiger partial charge in [-0.1, -0.05) is 24.3 Å². The average Bonchev–Trinajstić information content (AvgIpc) is 3.50. The highest BCUT2D eigenvalue weighted by molar-refractivity contribution is 5.91. The summed E-state index contributed by atoms with van der Waals surface area (Å²) in [5.41, 5.74) is 1.68. The van der Waals surface area contributed by atoms with Crippen LogP contribution in [0.5, 0.6) is 5.75 Å². The Hall–Kier alpha value is -3.15. The van der Waals surface area contributed by atoms with E-state index in [0.717, 1.165) is 18.4 Å². The van der Waals surface area contributed by atoms with Crippen LogP contribution in [-0.2, 0) is 16.0 Å². The molecule has 0 heterocycles. The Morgan fingerprint density at radius 3 is 2.64 bits per heavy atom. The van der Waals surface area contributed by atoms with Gasteiger partial charge in [-0.25, -0.2) is 4.39 Å². The molecule has 0 saturated heterocycles. The fourth-order valence-corrected chi connectivity index (χ4v) is 2.57. The molecule has 1 aliphatic carbocycles. The second-order valence-corrected chi connectivity index (χ2v) is 6.70. The third kappa shape index (κ3) is 6.87. The lowest BCUT2D eigenvalue weighted by molar-refractivity contribution is -0.123. The van der Waals surface area contributed by atoms with Crippen LogP contribution in [0.1, 0.15) is 24.0 Å². The maximum Gasteiger partial charge on any atom is 0.258 e. The van der Waals surface area contributed by atoms with Crippen LogP contribution in [0.15, 0.2) is 54.6 Å². The number of benzene rings is 2. The molecule has 3 rings (SSSR count). The fourth-order valence-electron chi connectivity index (χ4n) is 2.57. The first kappa shape index (κ1) is 19.6. The summed E-state index contributed by atoms with van der Waals surface area (Å²) in [7, 11) is 0. The van der Waals surface area contributed by atoms with Crippen LogP contribution < -0.4 is 15.4 Å². The number of carbonyl (C=O) groups excluding carboxylic acids is 2. The van der Waals surface area contributed by atoms with Gasteiger partial charge < -0.3 is 15.4 Å². The SMILES string of the molecule is O=C(/C=C/c1cccc(F)c1)NCCc1ccc(OCC(=O)NC2CC2)cc1. The Bertz CT molecular complexity index is 845. The van der Waals surface area contributed by atoms with Crippen molar-refractivity contribution in [3.05, 3.63) is 71.6 Å². The standard InChI is InChI=1S/C22H23FN2O3/c23-18-3-1-2-17(14-18)6-11-21(26)24-13-12-16-4-9-20(10-5-16)28-15-22(27)25-19-7-8-19/h1-6,9-11,14,19H,7-8,12-13,15H2,(H,24,26)(H,25,27)/b11-6+. The number of ether oxygens (including phenoxy) is 1. The van der Waals surface area contributed by atoms with Crippen LogP contribution in [0, 0.1) is 5.82 Å². The Kier molecular flexibility index (Phi) is 6.78. The minimum Gasteiger partial charge on any atom is -0.484 e. The van der Waals surface area contributed by atoms with E-state index >= 15 is 0 Å². The number of halogens is 1. The van der Waals surface area contributed by atoms with E-state index < -0.39 is 0 Å². The maximum atomic E-state index is 13.1. The molecule has 1 aliphatic rings. The highest BCUT2D eigenvalue weighted by Gasteiger charge is 2.23. The number of hydrogen-bond acceptors (Lipinski definition) is 3. The van der Waals surface area contributed by atoms with Gasteiger partial charge in [-0.3, -0.25) is 9.59 Å². The van der Waals surface area contributed by atoms with Crippen molar-refractivity contribution < 1.29 is 18.7 Å². The maximum absolute atomic E-state index is 13.1. The smallest absolute Gasteiger partial charge is 0.258 e. The lowest BCUT2D eigenvalue weighted by atomic mass is 10.1. The molecule has 6 heteroatoms. The van der Waals surface area contributed by atoms with E-state index in [0.29, 0.717) is 30.3 Å². The van der Waals surface area contributed by atoms with Gasteiger partial charge in [0.15, 0.2) is 6.61 Å². The number of hydrogen-bond donors (Lipinski definition) is 2. The molecule has 2 aromatic carbocycles. The van der Waals surface area contributed by atoms with Crippen molar-refractivity contribution in [1.29, 1.82) is 0 Å². The molecular weight excluding hydrogens is 359 g/mol. The average molecular weight is 382 g/mol. The molecular formula is C22H23FN2O3. The molecule has 0 unspecified atom stereocenters. The normalized spacial score (nSPS) is 13.3. The minimum absolute atomic E-state index is 0.0174. The Labute approximate surface area is 163 Å². The Morgan fingerprint density at radius 1 is 1.14 bits per heavy atom. The first-order valence-electron chi connectivity index (χ1n) is 9.31. The molecule has 0 atom stereocenters. The molecule has 0 aliphatic heterocycles. The second-order valence-electron chi connectivity index (χ2n) is 6.70. The first-order valence-corrected chi connectivity index (χ1v) is 9.31. The zero-order valence-electron chi connectivity index (χ0n) is 15.5. The lowest BCUT2D eigenvalue weighted by Crippen LogP contribution is -2.30. The molecule has 146 valence electrons.